The van der Waals surface area contributed by atoms with Crippen molar-refractivity contribution in [2.45, 2.75) is 33.7 Å². The summed E-state index contributed by atoms with van der Waals surface area (Å²) < 4.78 is 1.82. The first-order valence-electron chi connectivity index (χ1n) is 4.52. The van der Waals surface area contributed by atoms with Gasteiger partial charge in [0.25, 0.3) is 0 Å². The third kappa shape index (κ3) is 2.37. The minimum absolute atomic E-state index is 0.0366. The van der Waals surface area contributed by atoms with Crippen LogP contribution in [0.3, 0.4) is 0 Å². The van der Waals surface area contributed by atoms with Crippen LogP contribution in [0.5, 0.6) is 0 Å². The van der Waals surface area contributed by atoms with Crippen LogP contribution >= 0.6 is 0 Å². The first-order chi connectivity index (χ1) is 6.15. The van der Waals surface area contributed by atoms with Gasteiger partial charge in [-0.05, 0) is 13.8 Å². The van der Waals surface area contributed by atoms with Crippen molar-refractivity contribution < 1.29 is 4.79 Å². The van der Waals surface area contributed by atoms with Gasteiger partial charge in [0, 0.05) is 18.9 Å². The van der Waals surface area contributed by atoms with Gasteiger partial charge in [-0.2, -0.15) is 5.10 Å². The molecule has 1 unspecified atom stereocenters. The first kappa shape index (κ1) is 9.89. The van der Waals surface area contributed by atoms with Crippen molar-refractivity contribution in [1.29, 1.82) is 0 Å². The van der Waals surface area contributed by atoms with Crippen LogP contribution in [0.1, 0.15) is 26.6 Å². The van der Waals surface area contributed by atoms with Crippen LogP contribution in [-0.2, 0) is 17.8 Å². The second-order valence-electron chi connectivity index (χ2n) is 3.21. The molecule has 0 aromatic carbocycles. The molecule has 1 atom stereocenters. The van der Waals surface area contributed by atoms with Crippen LogP contribution in [0.2, 0.25) is 0 Å². The summed E-state index contributed by atoms with van der Waals surface area (Å²) in [5.74, 6) is 1.13. The van der Waals surface area contributed by atoms with Gasteiger partial charge in [-0.25, -0.2) is 4.98 Å². The Labute approximate surface area is 78.0 Å². The summed E-state index contributed by atoms with van der Waals surface area (Å²) in [5, 5.41) is 4.04. The molecule has 0 aliphatic rings. The Kier molecular flexibility index (Phi) is 3.17. The standard InChI is InChI=1S/C9H15N3O/c1-4-12-9(10-6-11-12)5-7(2)8(3)13/h6-7H,4-5H2,1-3H3. The number of ketones is 1. The summed E-state index contributed by atoms with van der Waals surface area (Å²) in [6, 6.07) is 0. The third-order valence-corrected chi connectivity index (χ3v) is 2.18. The fourth-order valence-electron chi connectivity index (χ4n) is 1.13. The third-order valence-electron chi connectivity index (χ3n) is 2.18. The lowest BCUT2D eigenvalue weighted by Gasteiger charge is -2.06. The van der Waals surface area contributed by atoms with Crippen molar-refractivity contribution in [2.24, 2.45) is 5.92 Å². The van der Waals surface area contributed by atoms with E-state index in [1.807, 2.05) is 18.5 Å². The number of hydrogen-bond acceptors (Lipinski definition) is 3. The highest BCUT2D eigenvalue weighted by Gasteiger charge is 2.12. The number of hydrogen-bond donors (Lipinski definition) is 0. The highest BCUT2D eigenvalue weighted by Crippen LogP contribution is 2.06. The molecular weight excluding hydrogens is 166 g/mol. The molecule has 0 fully saturated rings. The van der Waals surface area contributed by atoms with E-state index in [-0.39, 0.29) is 11.7 Å². The Hall–Kier alpha value is -1.19. The molecule has 0 saturated carbocycles. The van der Waals surface area contributed by atoms with E-state index in [1.54, 1.807) is 6.92 Å². The Bertz CT molecular complexity index is 293. The Morgan fingerprint density at radius 1 is 1.69 bits per heavy atom. The normalized spacial score (nSPS) is 12.8. The average molecular weight is 181 g/mol. The SMILES string of the molecule is CCn1ncnc1CC(C)C(C)=O. The molecule has 0 aliphatic carbocycles. The number of carbonyl (C=O) groups is 1. The van der Waals surface area contributed by atoms with E-state index in [9.17, 15) is 4.79 Å². The summed E-state index contributed by atoms with van der Waals surface area (Å²) in [7, 11) is 0. The van der Waals surface area contributed by atoms with Crippen LogP contribution in [-0.4, -0.2) is 20.5 Å². The monoisotopic (exact) mass is 181 g/mol. The van der Waals surface area contributed by atoms with Crippen LogP contribution < -0.4 is 0 Å². The summed E-state index contributed by atoms with van der Waals surface area (Å²) in [6.45, 7) is 6.34. The van der Waals surface area contributed by atoms with Gasteiger partial charge >= 0.3 is 0 Å². The smallest absolute Gasteiger partial charge is 0.138 e. The molecule has 0 amide bonds. The summed E-state index contributed by atoms with van der Waals surface area (Å²) >= 11 is 0. The van der Waals surface area contributed by atoms with Crippen LogP contribution in [0, 0.1) is 5.92 Å². The second kappa shape index (κ2) is 4.16. The van der Waals surface area contributed by atoms with E-state index in [0.717, 1.165) is 12.4 Å². The van der Waals surface area contributed by atoms with Crippen molar-refractivity contribution >= 4 is 5.78 Å². The maximum Gasteiger partial charge on any atom is 0.138 e. The number of Topliss-reactive ketones (excluding diaryl/α,β-unsaturated/α-hetero) is 1. The molecule has 4 nitrogen and oxygen atoms in total. The molecule has 1 aromatic rings. The fraction of sp³-hybridized carbons (Fsp3) is 0.667. The number of aryl methyl sites for hydroxylation is 1. The first-order valence-corrected chi connectivity index (χ1v) is 4.52. The van der Waals surface area contributed by atoms with E-state index < -0.39 is 0 Å². The van der Waals surface area contributed by atoms with Crippen LogP contribution in [0.25, 0.3) is 0 Å². The molecule has 0 bridgehead atoms. The quantitative estimate of drug-likeness (QED) is 0.698. The number of nitrogens with zero attached hydrogens (tertiary/aromatic N) is 3. The summed E-state index contributed by atoms with van der Waals surface area (Å²) in [6.07, 6.45) is 2.22. The molecule has 4 heteroatoms. The average Bonchev–Trinajstić information content (AvgIpc) is 2.51. The van der Waals surface area contributed by atoms with Crippen molar-refractivity contribution in [3.63, 3.8) is 0 Å². The molecular formula is C9H15N3O. The number of aromatic nitrogens is 3. The Balaban J connectivity index is 2.68. The lowest BCUT2D eigenvalue weighted by atomic mass is 10.0. The lowest BCUT2D eigenvalue weighted by Crippen LogP contribution is -2.14. The van der Waals surface area contributed by atoms with Gasteiger partial charge in [-0.1, -0.05) is 6.92 Å². The maximum absolute atomic E-state index is 11.0. The molecule has 0 spiro atoms. The van der Waals surface area contributed by atoms with Gasteiger partial charge in [0.05, 0.1) is 0 Å². The molecule has 1 rings (SSSR count). The zero-order chi connectivity index (χ0) is 9.84. The highest BCUT2D eigenvalue weighted by molar-refractivity contribution is 5.78. The van der Waals surface area contributed by atoms with Gasteiger partial charge in [-0.15, -0.1) is 0 Å². The van der Waals surface area contributed by atoms with Gasteiger partial charge in [-0.3, -0.25) is 9.48 Å². The van der Waals surface area contributed by atoms with Crippen molar-refractivity contribution in [3.05, 3.63) is 12.2 Å². The predicted octanol–water partition coefficient (Wildman–Crippen LogP) is 1.07. The van der Waals surface area contributed by atoms with Crippen molar-refractivity contribution in [1.82, 2.24) is 14.8 Å². The molecule has 0 N–H and O–H groups in total. The second-order valence-corrected chi connectivity index (χ2v) is 3.21. The minimum atomic E-state index is 0.0366. The molecule has 1 heterocycles. The van der Waals surface area contributed by atoms with Crippen molar-refractivity contribution in [3.8, 4) is 0 Å². The molecule has 13 heavy (non-hydrogen) atoms. The zero-order valence-corrected chi connectivity index (χ0v) is 8.32. The minimum Gasteiger partial charge on any atom is -0.300 e. The fourth-order valence-corrected chi connectivity index (χ4v) is 1.13. The van der Waals surface area contributed by atoms with E-state index in [4.69, 9.17) is 0 Å². The van der Waals surface area contributed by atoms with Gasteiger partial charge in [0.15, 0.2) is 0 Å². The van der Waals surface area contributed by atoms with E-state index in [1.165, 1.54) is 6.33 Å². The zero-order valence-electron chi connectivity index (χ0n) is 8.32. The molecule has 72 valence electrons. The predicted molar refractivity (Wildman–Crippen MR) is 49.2 cm³/mol. The number of rotatable bonds is 4. The van der Waals surface area contributed by atoms with E-state index in [2.05, 4.69) is 10.1 Å². The lowest BCUT2D eigenvalue weighted by molar-refractivity contribution is -0.120. The van der Waals surface area contributed by atoms with Gasteiger partial charge < -0.3 is 0 Å². The van der Waals surface area contributed by atoms with E-state index >= 15 is 0 Å². The van der Waals surface area contributed by atoms with Crippen molar-refractivity contribution in [2.75, 3.05) is 0 Å². The molecule has 0 aliphatic heterocycles. The van der Waals surface area contributed by atoms with E-state index in [0.29, 0.717) is 6.42 Å². The Morgan fingerprint density at radius 3 is 2.92 bits per heavy atom. The van der Waals surface area contributed by atoms with Crippen LogP contribution in [0.4, 0.5) is 0 Å². The largest absolute Gasteiger partial charge is 0.300 e. The Morgan fingerprint density at radius 2 is 2.38 bits per heavy atom. The molecule has 0 saturated heterocycles. The number of carbonyl (C=O) groups excluding carboxylic acids is 1. The summed E-state index contributed by atoms with van der Waals surface area (Å²) in [4.78, 5) is 15.1. The summed E-state index contributed by atoms with van der Waals surface area (Å²) in [5.41, 5.74) is 0. The maximum atomic E-state index is 11.0. The van der Waals surface area contributed by atoms with Gasteiger partial charge in [0.2, 0.25) is 0 Å². The van der Waals surface area contributed by atoms with Crippen LogP contribution in [0.15, 0.2) is 6.33 Å². The topological polar surface area (TPSA) is 47.8 Å². The molecule has 0 radical (unpaired) electrons. The molecule has 1 aromatic heterocycles. The van der Waals surface area contributed by atoms with Gasteiger partial charge in [0.1, 0.15) is 17.9 Å². The highest BCUT2D eigenvalue weighted by atomic mass is 16.1.